The Balaban J connectivity index is 1.90. The number of amides is 1. The smallest absolute Gasteiger partial charge is 0.257 e. The molecular weight excluding hydrogens is 382 g/mol. The number of nitrogens with zero attached hydrogens (tertiary/aromatic N) is 4. The summed E-state index contributed by atoms with van der Waals surface area (Å²) >= 11 is 0. The molecular formula is C22H23N5O3. The van der Waals surface area contributed by atoms with Crippen molar-refractivity contribution in [2.75, 3.05) is 19.0 Å². The van der Waals surface area contributed by atoms with Gasteiger partial charge in [0.25, 0.3) is 5.91 Å². The predicted molar refractivity (Wildman–Crippen MR) is 112 cm³/mol. The summed E-state index contributed by atoms with van der Waals surface area (Å²) in [7, 11) is 3.47. The van der Waals surface area contributed by atoms with E-state index in [2.05, 4.69) is 32.1 Å². The molecule has 0 bridgehead atoms. The van der Waals surface area contributed by atoms with Gasteiger partial charge in [-0.3, -0.25) is 9.78 Å². The van der Waals surface area contributed by atoms with Crippen molar-refractivity contribution in [2.24, 2.45) is 7.05 Å². The van der Waals surface area contributed by atoms with E-state index in [0.29, 0.717) is 29.3 Å². The van der Waals surface area contributed by atoms with Crippen LogP contribution in [0.2, 0.25) is 0 Å². The highest BCUT2D eigenvalue weighted by Gasteiger charge is 2.12. The van der Waals surface area contributed by atoms with Crippen LogP contribution in [0.3, 0.4) is 0 Å². The molecule has 0 aliphatic heterocycles. The maximum atomic E-state index is 12.8. The topological polar surface area (TPSA) is 91.2 Å². The molecule has 0 spiro atoms. The van der Waals surface area contributed by atoms with Gasteiger partial charge in [-0.15, -0.1) is 0 Å². The summed E-state index contributed by atoms with van der Waals surface area (Å²) in [5.74, 6) is 6.68. The zero-order chi connectivity index (χ0) is 21.5. The lowest BCUT2D eigenvalue weighted by atomic mass is 10.1. The van der Waals surface area contributed by atoms with Crippen LogP contribution in [0.4, 0.5) is 5.82 Å². The average molecular weight is 405 g/mol. The molecule has 0 aliphatic carbocycles. The maximum Gasteiger partial charge on any atom is 0.257 e. The SMILES string of the molecule is COC[C@H](C)Oc1cc(C#Cc2cncn2C)cc(C(=O)Nc2cnc(C)cn2)c1. The standard InChI is InChI=1S/C22H23N5O3/c1-15-10-25-21(12-24-15)26-22(28)18-7-17(5-6-19-11-23-14-27(19)3)8-20(9-18)30-16(2)13-29-4/h7-12,14,16H,13H2,1-4H3,(H,25,26,28)/t16-/m0/s1. The number of carbonyl (C=O) groups is 1. The van der Waals surface area contributed by atoms with Crippen LogP contribution in [0.5, 0.6) is 5.75 Å². The van der Waals surface area contributed by atoms with Crippen LogP contribution in [0, 0.1) is 18.8 Å². The van der Waals surface area contributed by atoms with E-state index in [-0.39, 0.29) is 12.0 Å². The largest absolute Gasteiger partial charge is 0.488 e. The van der Waals surface area contributed by atoms with E-state index in [1.165, 1.54) is 6.20 Å². The third-order valence-electron chi connectivity index (χ3n) is 4.08. The summed E-state index contributed by atoms with van der Waals surface area (Å²) in [6, 6.07) is 5.16. The molecule has 1 aromatic carbocycles. The summed E-state index contributed by atoms with van der Waals surface area (Å²) < 4.78 is 12.8. The number of hydrogen-bond acceptors (Lipinski definition) is 6. The van der Waals surface area contributed by atoms with Gasteiger partial charge in [-0.25, -0.2) is 9.97 Å². The Bertz CT molecular complexity index is 1080. The van der Waals surface area contributed by atoms with Gasteiger partial charge >= 0.3 is 0 Å². The first kappa shape index (κ1) is 21.0. The van der Waals surface area contributed by atoms with Gasteiger partial charge in [0.15, 0.2) is 5.82 Å². The van der Waals surface area contributed by atoms with Crippen molar-refractivity contribution in [3.63, 3.8) is 0 Å². The first-order chi connectivity index (χ1) is 14.4. The molecule has 1 N–H and O–H groups in total. The number of hydrogen-bond donors (Lipinski definition) is 1. The molecule has 3 aromatic rings. The predicted octanol–water partition coefficient (Wildman–Crippen LogP) is 2.58. The average Bonchev–Trinajstić information content (AvgIpc) is 3.13. The lowest BCUT2D eigenvalue weighted by Gasteiger charge is -2.15. The number of anilines is 1. The van der Waals surface area contributed by atoms with Crippen molar-refractivity contribution in [3.8, 4) is 17.6 Å². The number of methoxy groups -OCH3 is 1. The van der Waals surface area contributed by atoms with Crippen molar-refractivity contribution in [3.05, 3.63) is 65.6 Å². The van der Waals surface area contributed by atoms with E-state index in [1.54, 1.807) is 44.0 Å². The van der Waals surface area contributed by atoms with Gasteiger partial charge in [0, 0.05) is 25.3 Å². The van der Waals surface area contributed by atoms with Crippen molar-refractivity contribution >= 4 is 11.7 Å². The number of nitrogens with one attached hydrogen (secondary N) is 1. The first-order valence-electron chi connectivity index (χ1n) is 9.33. The zero-order valence-electron chi connectivity index (χ0n) is 17.3. The molecule has 8 nitrogen and oxygen atoms in total. The van der Waals surface area contributed by atoms with E-state index in [9.17, 15) is 4.79 Å². The van der Waals surface area contributed by atoms with Gasteiger partial charge in [0.1, 0.15) is 17.5 Å². The Hall–Kier alpha value is -3.70. The number of imidazole rings is 1. The Kier molecular flexibility index (Phi) is 6.78. The quantitative estimate of drug-likeness (QED) is 0.634. The molecule has 0 unspecified atom stereocenters. The Morgan fingerprint density at radius 2 is 2.03 bits per heavy atom. The highest BCUT2D eigenvalue weighted by molar-refractivity contribution is 6.04. The zero-order valence-corrected chi connectivity index (χ0v) is 17.3. The van der Waals surface area contributed by atoms with Gasteiger partial charge in [-0.1, -0.05) is 5.92 Å². The second kappa shape index (κ2) is 9.67. The number of rotatable bonds is 6. The molecule has 1 amide bonds. The van der Waals surface area contributed by atoms with Crippen molar-refractivity contribution < 1.29 is 14.3 Å². The molecule has 0 fully saturated rings. The number of ether oxygens (including phenoxy) is 2. The summed E-state index contributed by atoms with van der Waals surface area (Å²) in [5, 5.41) is 2.74. The van der Waals surface area contributed by atoms with Gasteiger partial charge in [-0.05, 0) is 38.0 Å². The van der Waals surface area contributed by atoms with Crippen molar-refractivity contribution in [2.45, 2.75) is 20.0 Å². The Morgan fingerprint density at radius 1 is 1.20 bits per heavy atom. The normalized spacial score (nSPS) is 11.3. The van der Waals surface area contributed by atoms with E-state index < -0.39 is 0 Å². The minimum Gasteiger partial charge on any atom is -0.488 e. The van der Waals surface area contributed by atoms with Crippen LogP contribution in [0.1, 0.15) is 34.2 Å². The molecule has 0 saturated heterocycles. The van der Waals surface area contributed by atoms with E-state index in [1.807, 2.05) is 25.5 Å². The van der Waals surface area contributed by atoms with Crippen LogP contribution in [0.15, 0.2) is 43.1 Å². The third-order valence-corrected chi connectivity index (χ3v) is 4.08. The number of benzene rings is 1. The van der Waals surface area contributed by atoms with E-state index in [0.717, 1.165) is 11.4 Å². The van der Waals surface area contributed by atoms with Crippen molar-refractivity contribution in [1.29, 1.82) is 0 Å². The van der Waals surface area contributed by atoms with Crippen LogP contribution in [-0.4, -0.2) is 45.2 Å². The molecule has 154 valence electrons. The van der Waals surface area contributed by atoms with E-state index >= 15 is 0 Å². The first-order valence-corrected chi connectivity index (χ1v) is 9.33. The molecule has 8 heteroatoms. The number of aryl methyl sites for hydroxylation is 2. The summed E-state index contributed by atoms with van der Waals surface area (Å²) in [6.07, 6.45) is 6.27. The van der Waals surface area contributed by atoms with Gasteiger partial charge in [0.2, 0.25) is 0 Å². The molecule has 30 heavy (non-hydrogen) atoms. The lowest BCUT2D eigenvalue weighted by molar-refractivity contribution is 0.0917. The summed E-state index contributed by atoms with van der Waals surface area (Å²) in [5.41, 5.74) is 2.56. The van der Waals surface area contributed by atoms with E-state index in [4.69, 9.17) is 9.47 Å². The highest BCUT2D eigenvalue weighted by Crippen LogP contribution is 2.20. The molecule has 0 aliphatic rings. The molecule has 0 radical (unpaired) electrons. The summed E-state index contributed by atoms with van der Waals surface area (Å²) in [6.45, 7) is 4.14. The number of aromatic nitrogens is 4. The lowest BCUT2D eigenvalue weighted by Crippen LogP contribution is -2.19. The van der Waals surface area contributed by atoms with Gasteiger partial charge < -0.3 is 19.4 Å². The fraction of sp³-hybridized carbons (Fsp3) is 0.273. The molecule has 2 aromatic heterocycles. The third kappa shape index (κ3) is 5.65. The second-order valence-electron chi connectivity index (χ2n) is 6.77. The molecule has 2 heterocycles. The van der Waals surface area contributed by atoms with Gasteiger partial charge in [0.05, 0.1) is 37.2 Å². The molecule has 3 rings (SSSR count). The fourth-order valence-corrected chi connectivity index (χ4v) is 2.63. The minimum absolute atomic E-state index is 0.186. The minimum atomic E-state index is -0.332. The monoisotopic (exact) mass is 405 g/mol. The summed E-state index contributed by atoms with van der Waals surface area (Å²) in [4.78, 5) is 25.1. The molecule has 0 saturated carbocycles. The van der Waals surface area contributed by atoms with Crippen LogP contribution < -0.4 is 10.1 Å². The maximum absolute atomic E-state index is 12.8. The fourth-order valence-electron chi connectivity index (χ4n) is 2.63. The Labute approximate surface area is 175 Å². The second-order valence-corrected chi connectivity index (χ2v) is 6.77. The Morgan fingerprint density at radius 3 is 2.70 bits per heavy atom. The highest BCUT2D eigenvalue weighted by atomic mass is 16.5. The van der Waals surface area contributed by atoms with Crippen LogP contribution in [0.25, 0.3) is 0 Å². The van der Waals surface area contributed by atoms with Gasteiger partial charge in [-0.2, -0.15) is 0 Å². The van der Waals surface area contributed by atoms with Crippen LogP contribution >= 0.6 is 0 Å². The molecule has 1 atom stereocenters. The number of carbonyl (C=O) groups excluding carboxylic acids is 1. The van der Waals surface area contributed by atoms with Crippen molar-refractivity contribution in [1.82, 2.24) is 19.5 Å². The van der Waals surface area contributed by atoms with Crippen LogP contribution in [-0.2, 0) is 11.8 Å².